The summed E-state index contributed by atoms with van der Waals surface area (Å²) in [4.78, 5) is 16.9. The van der Waals surface area contributed by atoms with Crippen LogP contribution in [0, 0.1) is 6.92 Å². The van der Waals surface area contributed by atoms with Gasteiger partial charge < -0.3 is 14.8 Å². The number of phenols is 1. The third-order valence-electron chi connectivity index (χ3n) is 4.49. The molecule has 3 N–H and O–H groups in total. The van der Waals surface area contributed by atoms with Gasteiger partial charge in [-0.3, -0.25) is 10.1 Å². The molecule has 0 atom stereocenters. The summed E-state index contributed by atoms with van der Waals surface area (Å²) in [7, 11) is 0. The SMILES string of the molecule is Cc1cc(NC(=S)NC(=O)c2ccc(Cl)cc2Cl)cc(-c2nc3ccccc3o2)c1O. The molecule has 3 aromatic carbocycles. The number of oxazole rings is 1. The minimum Gasteiger partial charge on any atom is -0.507 e. The van der Waals surface area contributed by atoms with E-state index in [-0.39, 0.29) is 27.3 Å². The summed E-state index contributed by atoms with van der Waals surface area (Å²) in [6.45, 7) is 1.74. The Bertz CT molecular complexity index is 1300. The van der Waals surface area contributed by atoms with Crippen LogP contribution in [0.5, 0.6) is 5.75 Å². The third-order valence-corrected chi connectivity index (χ3v) is 5.24. The van der Waals surface area contributed by atoms with Crippen LogP contribution in [-0.2, 0) is 0 Å². The number of thiocarbonyl (C=S) groups is 1. The van der Waals surface area contributed by atoms with Gasteiger partial charge >= 0.3 is 0 Å². The van der Waals surface area contributed by atoms with Crippen molar-refractivity contribution in [2.45, 2.75) is 6.92 Å². The smallest absolute Gasteiger partial charge is 0.258 e. The summed E-state index contributed by atoms with van der Waals surface area (Å²) in [5.41, 5.74) is 3.04. The Kier molecular flexibility index (Phi) is 5.82. The molecule has 0 spiro atoms. The molecule has 1 amide bonds. The predicted octanol–water partition coefficient (Wildman–Crippen LogP) is 5.94. The molecule has 0 saturated carbocycles. The standard InChI is InChI=1S/C22H15Cl2N3O3S/c1-11-8-13(25-22(31)27-20(29)14-7-6-12(23)9-16(14)24)10-15(19(11)28)21-26-17-4-2-3-5-18(17)30-21/h2-10,28H,1H3,(H2,25,27,29,31). The van der Waals surface area contributed by atoms with Crippen LogP contribution in [0.25, 0.3) is 22.6 Å². The normalized spacial score (nSPS) is 10.8. The number of nitrogens with zero attached hydrogens (tertiary/aromatic N) is 1. The third kappa shape index (κ3) is 4.49. The number of carbonyl (C=O) groups excluding carboxylic acids is 1. The molecule has 1 aromatic heterocycles. The number of para-hydroxylation sites is 2. The van der Waals surface area contributed by atoms with Crippen LogP contribution in [0.3, 0.4) is 0 Å². The molecule has 156 valence electrons. The Morgan fingerprint density at radius 1 is 1.13 bits per heavy atom. The van der Waals surface area contributed by atoms with Gasteiger partial charge in [0.1, 0.15) is 11.3 Å². The molecule has 0 fully saturated rings. The van der Waals surface area contributed by atoms with E-state index in [1.165, 1.54) is 12.1 Å². The van der Waals surface area contributed by atoms with Gasteiger partial charge in [-0.05, 0) is 67.2 Å². The second-order valence-corrected chi connectivity index (χ2v) is 7.96. The van der Waals surface area contributed by atoms with E-state index in [0.29, 0.717) is 32.9 Å². The topological polar surface area (TPSA) is 87.4 Å². The van der Waals surface area contributed by atoms with Gasteiger partial charge in [-0.15, -0.1) is 0 Å². The molecule has 0 aliphatic rings. The highest BCUT2D eigenvalue weighted by atomic mass is 35.5. The van der Waals surface area contributed by atoms with Crippen LogP contribution in [-0.4, -0.2) is 21.1 Å². The molecule has 9 heteroatoms. The number of halogens is 2. The number of nitrogens with one attached hydrogen (secondary N) is 2. The summed E-state index contributed by atoms with van der Waals surface area (Å²) in [6, 6.07) is 15.2. The number of amides is 1. The highest BCUT2D eigenvalue weighted by molar-refractivity contribution is 7.80. The summed E-state index contributed by atoms with van der Waals surface area (Å²) in [5.74, 6) is -0.165. The van der Waals surface area contributed by atoms with Gasteiger partial charge in [0.15, 0.2) is 10.7 Å². The van der Waals surface area contributed by atoms with Gasteiger partial charge in [-0.1, -0.05) is 35.3 Å². The zero-order chi connectivity index (χ0) is 22.1. The fraction of sp³-hybridized carbons (Fsp3) is 0.0455. The molecule has 6 nitrogen and oxygen atoms in total. The van der Waals surface area contributed by atoms with Crippen LogP contribution < -0.4 is 10.6 Å². The van der Waals surface area contributed by atoms with Gasteiger partial charge in [0.05, 0.1) is 16.1 Å². The minimum atomic E-state index is -0.478. The molecule has 0 aliphatic carbocycles. The highest BCUT2D eigenvalue weighted by Gasteiger charge is 2.17. The van der Waals surface area contributed by atoms with E-state index in [1.807, 2.05) is 18.2 Å². The van der Waals surface area contributed by atoms with Gasteiger partial charge in [0.25, 0.3) is 5.91 Å². The number of carbonyl (C=O) groups is 1. The lowest BCUT2D eigenvalue weighted by molar-refractivity contribution is 0.0978. The van der Waals surface area contributed by atoms with Gasteiger partial charge in [-0.25, -0.2) is 4.98 Å². The lowest BCUT2D eigenvalue weighted by Gasteiger charge is -2.13. The van der Waals surface area contributed by atoms with Crippen LogP contribution in [0.15, 0.2) is 59.0 Å². The van der Waals surface area contributed by atoms with E-state index in [2.05, 4.69) is 15.6 Å². The van der Waals surface area contributed by atoms with Crippen molar-refractivity contribution in [3.05, 3.63) is 75.8 Å². The van der Waals surface area contributed by atoms with Crippen LogP contribution in [0.4, 0.5) is 5.69 Å². The van der Waals surface area contributed by atoms with E-state index in [1.54, 1.807) is 31.2 Å². The lowest BCUT2D eigenvalue weighted by Crippen LogP contribution is -2.34. The summed E-state index contributed by atoms with van der Waals surface area (Å²) >= 11 is 17.2. The molecule has 0 bridgehead atoms. The Labute approximate surface area is 192 Å². The average molecular weight is 472 g/mol. The van der Waals surface area contributed by atoms with Gasteiger partial charge in [-0.2, -0.15) is 0 Å². The fourth-order valence-corrected chi connectivity index (χ4v) is 3.71. The number of hydrogen-bond acceptors (Lipinski definition) is 5. The number of aromatic hydroxyl groups is 1. The van der Waals surface area contributed by atoms with E-state index in [0.717, 1.165) is 0 Å². The number of aromatic nitrogens is 1. The summed E-state index contributed by atoms with van der Waals surface area (Å²) in [6.07, 6.45) is 0. The fourth-order valence-electron chi connectivity index (χ4n) is 3.01. The Morgan fingerprint density at radius 3 is 2.65 bits per heavy atom. The van der Waals surface area contributed by atoms with Crippen LogP contribution in [0.1, 0.15) is 15.9 Å². The van der Waals surface area contributed by atoms with E-state index in [9.17, 15) is 9.90 Å². The summed E-state index contributed by atoms with van der Waals surface area (Å²) in [5, 5.41) is 16.7. The Hall–Kier alpha value is -3.13. The first kappa shape index (κ1) is 21.1. The minimum absolute atomic E-state index is 0.0417. The lowest BCUT2D eigenvalue weighted by atomic mass is 10.1. The molecule has 0 radical (unpaired) electrons. The second-order valence-electron chi connectivity index (χ2n) is 6.71. The number of rotatable bonds is 3. The van der Waals surface area contributed by atoms with Crippen molar-refractivity contribution in [2.75, 3.05) is 5.32 Å². The number of phenolic OH excluding ortho intramolecular Hbond substituents is 1. The van der Waals surface area contributed by atoms with Crippen molar-refractivity contribution < 1.29 is 14.3 Å². The van der Waals surface area contributed by atoms with E-state index >= 15 is 0 Å². The van der Waals surface area contributed by atoms with Crippen molar-refractivity contribution in [2.24, 2.45) is 0 Å². The van der Waals surface area contributed by atoms with E-state index in [4.69, 9.17) is 39.8 Å². The second kappa shape index (κ2) is 8.55. The van der Waals surface area contributed by atoms with Crippen molar-refractivity contribution in [3.8, 4) is 17.2 Å². The quantitative estimate of drug-likeness (QED) is 0.253. The zero-order valence-electron chi connectivity index (χ0n) is 16.1. The van der Waals surface area contributed by atoms with Crippen molar-refractivity contribution in [1.82, 2.24) is 10.3 Å². The summed E-state index contributed by atoms with van der Waals surface area (Å²) < 4.78 is 5.77. The molecular weight excluding hydrogens is 457 g/mol. The maximum Gasteiger partial charge on any atom is 0.258 e. The zero-order valence-corrected chi connectivity index (χ0v) is 18.4. The first-order chi connectivity index (χ1) is 14.8. The molecule has 0 saturated heterocycles. The number of anilines is 1. The largest absolute Gasteiger partial charge is 0.507 e. The van der Waals surface area contributed by atoms with Crippen LogP contribution in [0.2, 0.25) is 10.0 Å². The Balaban J connectivity index is 1.57. The predicted molar refractivity (Wildman–Crippen MR) is 126 cm³/mol. The monoisotopic (exact) mass is 471 g/mol. The molecule has 1 heterocycles. The molecule has 4 aromatic rings. The average Bonchev–Trinajstić information content (AvgIpc) is 3.14. The highest BCUT2D eigenvalue weighted by Crippen LogP contribution is 2.36. The van der Waals surface area contributed by atoms with Gasteiger partial charge in [0.2, 0.25) is 5.89 Å². The number of hydrogen-bond donors (Lipinski definition) is 3. The number of benzene rings is 3. The van der Waals surface area contributed by atoms with Crippen molar-refractivity contribution in [3.63, 3.8) is 0 Å². The first-order valence-corrected chi connectivity index (χ1v) is 10.2. The molecule has 0 unspecified atom stereocenters. The van der Waals surface area contributed by atoms with Crippen molar-refractivity contribution >= 4 is 63.2 Å². The molecule has 31 heavy (non-hydrogen) atoms. The van der Waals surface area contributed by atoms with Crippen molar-refractivity contribution in [1.29, 1.82) is 0 Å². The van der Waals surface area contributed by atoms with Gasteiger partial charge in [0, 0.05) is 10.7 Å². The number of aryl methyl sites for hydroxylation is 1. The van der Waals surface area contributed by atoms with Crippen LogP contribution >= 0.6 is 35.4 Å². The molecule has 4 rings (SSSR count). The maximum atomic E-state index is 12.5. The van der Waals surface area contributed by atoms with E-state index < -0.39 is 5.91 Å². The first-order valence-electron chi connectivity index (χ1n) is 9.09. The molecular formula is C22H15Cl2N3O3S. The Morgan fingerprint density at radius 2 is 1.90 bits per heavy atom. The number of fused-ring (bicyclic) bond motifs is 1. The maximum absolute atomic E-state index is 12.5. The molecule has 0 aliphatic heterocycles.